The van der Waals surface area contributed by atoms with Crippen molar-refractivity contribution in [3.8, 4) is 11.5 Å². The first kappa shape index (κ1) is 21.0. The molecule has 4 heteroatoms. The van der Waals surface area contributed by atoms with E-state index in [4.69, 9.17) is 9.47 Å². The van der Waals surface area contributed by atoms with Crippen LogP contribution in [0.5, 0.6) is 11.5 Å². The number of imidazole rings is 1. The van der Waals surface area contributed by atoms with E-state index in [2.05, 4.69) is 104 Å². The van der Waals surface area contributed by atoms with Gasteiger partial charge in [0.2, 0.25) is 6.33 Å². The highest BCUT2D eigenvalue weighted by Crippen LogP contribution is 2.38. The summed E-state index contributed by atoms with van der Waals surface area (Å²) < 4.78 is 16.9. The summed E-state index contributed by atoms with van der Waals surface area (Å²) >= 11 is 0. The van der Waals surface area contributed by atoms with Crippen molar-refractivity contribution in [3.63, 3.8) is 0 Å². The van der Waals surface area contributed by atoms with Gasteiger partial charge in [-0.2, -0.15) is 0 Å². The molecule has 0 atom stereocenters. The normalized spacial score (nSPS) is 11.4. The maximum absolute atomic E-state index is 6.32. The second-order valence-corrected chi connectivity index (χ2v) is 8.49. The Kier molecular flexibility index (Phi) is 6.26. The van der Waals surface area contributed by atoms with Gasteiger partial charge >= 0.3 is 0 Å². The highest BCUT2D eigenvalue weighted by atomic mass is 16.5. The summed E-state index contributed by atoms with van der Waals surface area (Å²) in [6, 6.07) is 21.0. The fraction of sp³-hybridized carbons (Fsp3) is 0.296. The number of ether oxygens (including phenoxy) is 2. The van der Waals surface area contributed by atoms with Crippen molar-refractivity contribution < 1.29 is 14.0 Å². The Morgan fingerprint density at radius 3 is 2.23 bits per heavy atom. The standard InChI is InChI=1S/C27H31N2O2/c1-20(2)30-26-16-23(27(31-21(3)4)25-13-9-8-12-24(25)26)18-29-15-14-28(19-29)17-22-10-6-5-7-11-22/h5-16,19-21H,17-18H2,1-4H3/q+1. The summed E-state index contributed by atoms with van der Waals surface area (Å²) in [5, 5.41) is 2.18. The largest absolute Gasteiger partial charge is 0.490 e. The molecule has 0 bridgehead atoms. The van der Waals surface area contributed by atoms with Crippen LogP contribution in [0, 0.1) is 0 Å². The van der Waals surface area contributed by atoms with Gasteiger partial charge in [-0.1, -0.05) is 54.6 Å². The minimum absolute atomic E-state index is 0.0895. The van der Waals surface area contributed by atoms with Crippen LogP contribution in [0.25, 0.3) is 10.8 Å². The van der Waals surface area contributed by atoms with Crippen LogP contribution in [-0.4, -0.2) is 16.8 Å². The molecule has 160 valence electrons. The number of hydrogen-bond acceptors (Lipinski definition) is 2. The van der Waals surface area contributed by atoms with Crippen LogP contribution < -0.4 is 14.0 Å². The van der Waals surface area contributed by atoms with Gasteiger partial charge in [0, 0.05) is 16.3 Å². The van der Waals surface area contributed by atoms with Crippen LogP contribution >= 0.6 is 0 Å². The monoisotopic (exact) mass is 415 g/mol. The molecule has 0 aliphatic carbocycles. The maximum Gasteiger partial charge on any atom is 0.244 e. The smallest absolute Gasteiger partial charge is 0.244 e. The Morgan fingerprint density at radius 2 is 1.52 bits per heavy atom. The molecule has 4 aromatic rings. The van der Waals surface area contributed by atoms with Crippen molar-refractivity contribution in [1.29, 1.82) is 0 Å². The molecular formula is C27H31N2O2+. The van der Waals surface area contributed by atoms with Crippen molar-refractivity contribution in [2.75, 3.05) is 0 Å². The van der Waals surface area contributed by atoms with Gasteiger partial charge < -0.3 is 9.47 Å². The average Bonchev–Trinajstić information content (AvgIpc) is 3.17. The Hall–Kier alpha value is -3.27. The van der Waals surface area contributed by atoms with Gasteiger partial charge in [0.1, 0.15) is 37.0 Å². The number of fused-ring (bicyclic) bond motifs is 1. The fourth-order valence-electron chi connectivity index (χ4n) is 3.83. The van der Waals surface area contributed by atoms with E-state index >= 15 is 0 Å². The van der Waals surface area contributed by atoms with Crippen LogP contribution in [0.15, 0.2) is 79.4 Å². The Morgan fingerprint density at radius 1 is 0.839 bits per heavy atom. The predicted octanol–water partition coefficient (Wildman–Crippen LogP) is 5.60. The number of rotatable bonds is 8. The molecule has 0 amide bonds. The molecule has 0 fully saturated rings. The highest BCUT2D eigenvalue weighted by molar-refractivity contribution is 5.94. The van der Waals surface area contributed by atoms with Crippen LogP contribution in [-0.2, 0) is 13.1 Å². The van der Waals surface area contributed by atoms with E-state index in [1.807, 2.05) is 12.1 Å². The summed E-state index contributed by atoms with van der Waals surface area (Å²) in [7, 11) is 0. The topological polar surface area (TPSA) is 27.3 Å². The molecule has 0 aliphatic rings. The van der Waals surface area contributed by atoms with Crippen LogP contribution in [0.1, 0.15) is 38.8 Å². The molecular weight excluding hydrogens is 384 g/mol. The van der Waals surface area contributed by atoms with Gasteiger partial charge in [0.05, 0.1) is 12.2 Å². The summed E-state index contributed by atoms with van der Waals surface area (Å²) in [5.41, 5.74) is 2.40. The van der Waals surface area contributed by atoms with Crippen molar-refractivity contribution in [2.24, 2.45) is 0 Å². The van der Waals surface area contributed by atoms with Crippen LogP contribution in [0.2, 0.25) is 0 Å². The number of nitrogens with zero attached hydrogens (tertiary/aromatic N) is 2. The lowest BCUT2D eigenvalue weighted by atomic mass is 10.0. The summed E-state index contributed by atoms with van der Waals surface area (Å²) in [6.45, 7) is 9.82. The van der Waals surface area contributed by atoms with Crippen molar-refractivity contribution in [1.82, 2.24) is 4.57 Å². The molecule has 0 saturated carbocycles. The third-order valence-corrected chi connectivity index (χ3v) is 5.06. The Balaban J connectivity index is 1.70. The molecule has 1 heterocycles. The second-order valence-electron chi connectivity index (χ2n) is 8.49. The third kappa shape index (κ3) is 5.08. The van der Waals surface area contributed by atoms with Gasteiger partial charge in [0.15, 0.2) is 0 Å². The third-order valence-electron chi connectivity index (χ3n) is 5.06. The first-order valence-electron chi connectivity index (χ1n) is 11.0. The fourth-order valence-corrected chi connectivity index (χ4v) is 3.83. The molecule has 0 spiro atoms. The van der Waals surface area contributed by atoms with E-state index in [9.17, 15) is 0 Å². The minimum Gasteiger partial charge on any atom is -0.490 e. The Labute approximate surface area is 184 Å². The zero-order valence-corrected chi connectivity index (χ0v) is 18.8. The second kappa shape index (κ2) is 9.25. The first-order valence-corrected chi connectivity index (χ1v) is 11.0. The van der Waals surface area contributed by atoms with Gasteiger partial charge in [-0.15, -0.1) is 0 Å². The quantitative estimate of drug-likeness (QED) is 0.350. The van der Waals surface area contributed by atoms with Crippen molar-refractivity contribution in [3.05, 3.63) is 90.5 Å². The van der Waals surface area contributed by atoms with E-state index in [1.54, 1.807) is 0 Å². The molecule has 4 nitrogen and oxygen atoms in total. The number of aromatic nitrogens is 2. The summed E-state index contributed by atoms with van der Waals surface area (Å²) in [4.78, 5) is 0. The van der Waals surface area contributed by atoms with Gasteiger partial charge in [-0.25, -0.2) is 9.13 Å². The highest BCUT2D eigenvalue weighted by Gasteiger charge is 2.18. The van der Waals surface area contributed by atoms with E-state index < -0.39 is 0 Å². The van der Waals surface area contributed by atoms with Gasteiger partial charge in [-0.3, -0.25) is 0 Å². The molecule has 0 radical (unpaired) electrons. The summed E-state index contributed by atoms with van der Waals surface area (Å²) in [6.07, 6.45) is 6.56. The van der Waals surface area contributed by atoms with Crippen LogP contribution in [0.3, 0.4) is 0 Å². The lowest BCUT2D eigenvalue weighted by Crippen LogP contribution is -2.31. The molecule has 0 saturated heterocycles. The van der Waals surface area contributed by atoms with Crippen molar-refractivity contribution in [2.45, 2.75) is 53.0 Å². The number of hydrogen-bond donors (Lipinski definition) is 0. The molecule has 4 rings (SSSR count). The number of benzene rings is 3. The zero-order valence-electron chi connectivity index (χ0n) is 18.8. The van der Waals surface area contributed by atoms with Crippen molar-refractivity contribution >= 4 is 10.8 Å². The molecule has 0 N–H and O–H groups in total. The molecule has 0 unspecified atom stereocenters. The molecule has 1 aromatic heterocycles. The summed E-state index contributed by atoms with van der Waals surface area (Å²) in [5.74, 6) is 1.84. The van der Waals surface area contributed by atoms with E-state index in [1.165, 1.54) is 5.56 Å². The molecule has 31 heavy (non-hydrogen) atoms. The average molecular weight is 416 g/mol. The zero-order chi connectivity index (χ0) is 21.8. The van der Waals surface area contributed by atoms with E-state index in [0.717, 1.165) is 34.4 Å². The first-order chi connectivity index (χ1) is 15.0. The minimum atomic E-state index is 0.0895. The Bertz CT molecular complexity index is 1150. The molecule has 0 aliphatic heterocycles. The lowest BCUT2D eigenvalue weighted by Gasteiger charge is -2.20. The van der Waals surface area contributed by atoms with E-state index in [0.29, 0.717) is 6.54 Å². The maximum atomic E-state index is 6.32. The predicted molar refractivity (Wildman–Crippen MR) is 125 cm³/mol. The molecule has 3 aromatic carbocycles. The van der Waals surface area contributed by atoms with Gasteiger partial charge in [-0.05, 0) is 39.3 Å². The van der Waals surface area contributed by atoms with Crippen LogP contribution in [0.4, 0.5) is 0 Å². The van der Waals surface area contributed by atoms with E-state index in [-0.39, 0.29) is 12.2 Å². The SMILES string of the molecule is CC(C)Oc1cc(Cn2cc[n+](Cc3ccccc3)c2)c(OC(C)C)c2ccccc12. The lowest BCUT2D eigenvalue weighted by molar-refractivity contribution is -0.687. The van der Waals surface area contributed by atoms with Gasteiger partial charge in [0.25, 0.3) is 0 Å².